The van der Waals surface area contributed by atoms with E-state index in [-0.39, 0.29) is 19.2 Å². The Kier molecular flexibility index (Phi) is 5.55. The second-order valence-corrected chi connectivity index (χ2v) is 7.90. The van der Waals surface area contributed by atoms with Crippen molar-refractivity contribution in [3.63, 3.8) is 0 Å². The van der Waals surface area contributed by atoms with Crippen molar-refractivity contribution in [1.82, 2.24) is 19.4 Å². The third-order valence-corrected chi connectivity index (χ3v) is 5.22. The summed E-state index contributed by atoms with van der Waals surface area (Å²) < 4.78 is 31.7. The van der Waals surface area contributed by atoms with Gasteiger partial charge in [0.25, 0.3) is 0 Å². The number of hydrogen-bond acceptors (Lipinski definition) is 5. The Labute approximate surface area is 152 Å². The van der Waals surface area contributed by atoms with Crippen molar-refractivity contribution in [1.29, 1.82) is 0 Å². The number of urea groups is 1. The van der Waals surface area contributed by atoms with Crippen molar-refractivity contribution in [3.05, 3.63) is 42.6 Å². The predicted molar refractivity (Wildman–Crippen MR) is 96.7 cm³/mol. The number of amides is 2. The SMILES string of the molecule is CS(=O)(=O)N1CCOC(CNC(=O)Nc2ccnn2-c2ccccc2)C1. The summed E-state index contributed by atoms with van der Waals surface area (Å²) in [7, 11) is -3.26. The molecule has 140 valence electrons. The van der Waals surface area contributed by atoms with Crippen LogP contribution in [0, 0.1) is 0 Å². The molecule has 26 heavy (non-hydrogen) atoms. The topological polar surface area (TPSA) is 106 Å². The molecular formula is C16H21N5O4S. The van der Waals surface area contributed by atoms with Crippen LogP contribution in [0.3, 0.4) is 0 Å². The smallest absolute Gasteiger partial charge is 0.320 e. The highest BCUT2D eigenvalue weighted by atomic mass is 32.2. The first kappa shape index (κ1) is 18.4. The Balaban J connectivity index is 1.55. The van der Waals surface area contributed by atoms with Crippen LogP contribution in [-0.4, -0.2) is 67.1 Å². The fourth-order valence-electron chi connectivity index (χ4n) is 2.66. The number of ether oxygens (including phenoxy) is 1. The summed E-state index contributed by atoms with van der Waals surface area (Å²) >= 11 is 0. The fourth-order valence-corrected chi connectivity index (χ4v) is 3.50. The number of nitrogens with zero attached hydrogens (tertiary/aromatic N) is 3. The van der Waals surface area contributed by atoms with E-state index in [9.17, 15) is 13.2 Å². The monoisotopic (exact) mass is 379 g/mol. The number of carbonyl (C=O) groups excluding carboxylic acids is 1. The Morgan fingerprint density at radius 3 is 2.81 bits per heavy atom. The maximum Gasteiger partial charge on any atom is 0.320 e. The molecule has 0 bridgehead atoms. The van der Waals surface area contributed by atoms with E-state index >= 15 is 0 Å². The van der Waals surface area contributed by atoms with E-state index in [1.54, 1.807) is 16.9 Å². The summed E-state index contributed by atoms with van der Waals surface area (Å²) in [6.45, 7) is 1.07. The second kappa shape index (κ2) is 7.85. The molecule has 1 aromatic carbocycles. The quantitative estimate of drug-likeness (QED) is 0.794. The number of sulfonamides is 1. The zero-order valence-corrected chi connectivity index (χ0v) is 15.1. The van der Waals surface area contributed by atoms with Crippen LogP contribution in [0.25, 0.3) is 5.69 Å². The van der Waals surface area contributed by atoms with Crippen LogP contribution in [0.4, 0.5) is 10.6 Å². The van der Waals surface area contributed by atoms with Gasteiger partial charge in [0.15, 0.2) is 0 Å². The largest absolute Gasteiger partial charge is 0.374 e. The number of morpholine rings is 1. The van der Waals surface area contributed by atoms with Gasteiger partial charge in [-0.2, -0.15) is 9.40 Å². The molecule has 2 amide bonds. The Hall–Kier alpha value is -2.43. The number of para-hydroxylation sites is 1. The minimum Gasteiger partial charge on any atom is -0.374 e. The molecule has 1 unspecified atom stereocenters. The highest BCUT2D eigenvalue weighted by molar-refractivity contribution is 7.88. The average Bonchev–Trinajstić information content (AvgIpc) is 3.08. The van der Waals surface area contributed by atoms with E-state index in [4.69, 9.17) is 4.74 Å². The number of hydrogen-bond donors (Lipinski definition) is 2. The van der Waals surface area contributed by atoms with Crippen molar-refractivity contribution in [3.8, 4) is 5.69 Å². The molecule has 1 aliphatic heterocycles. The maximum absolute atomic E-state index is 12.2. The molecule has 2 aromatic rings. The Morgan fingerprint density at radius 1 is 1.31 bits per heavy atom. The van der Waals surface area contributed by atoms with Crippen LogP contribution in [0.15, 0.2) is 42.6 Å². The van der Waals surface area contributed by atoms with Gasteiger partial charge in [0, 0.05) is 25.7 Å². The summed E-state index contributed by atoms with van der Waals surface area (Å²) in [6.07, 6.45) is 2.38. The number of benzene rings is 1. The maximum atomic E-state index is 12.2. The lowest BCUT2D eigenvalue weighted by Crippen LogP contribution is -2.49. The highest BCUT2D eigenvalue weighted by Crippen LogP contribution is 2.14. The molecule has 0 spiro atoms. The van der Waals surface area contributed by atoms with Crippen molar-refractivity contribution in [2.24, 2.45) is 0 Å². The van der Waals surface area contributed by atoms with Gasteiger partial charge in [-0.3, -0.25) is 5.32 Å². The number of aromatic nitrogens is 2. The molecule has 3 rings (SSSR count). The molecule has 0 aliphatic carbocycles. The van der Waals surface area contributed by atoms with Gasteiger partial charge in [-0.05, 0) is 12.1 Å². The van der Waals surface area contributed by atoms with Gasteiger partial charge < -0.3 is 10.1 Å². The second-order valence-electron chi connectivity index (χ2n) is 5.91. The summed E-state index contributed by atoms with van der Waals surface area (Å²) in [5.74, 6) is 0.524. The first-order valence-corrected chi connectivity index (χ1v) is 9.99. The fraction of sp³-hybridized carbons (Fsp3) is 0.375. The minimum absolute atomic E-state index is 0.206. The molecule has 2 N–H and O–H groups in total. The van der Waals surface area contributed by atoms with Crippen LogP contribution in [0.2, 0.25) is 0 Å². The van der Waals surface area contributed by atoms with Crippen molar-refractivity contribution >= 4 is 21.9 Å². The van der Waals surface area contributed by atoms with E-state index in [1.165, 1.54) is 10.6 Å². The number of anilines is 1. The molecular weight excluding hydrogens is 358 g/mol. The number of carbonyl (C=O) groups is 1. The summed E-state index contributed by atoms with van der Waals surface area (Å²) in [5, 5.41) is 9.64. The zero-order chi connectivity index (χ0) is 18.6. The zero-order valence-electron chi connectivity index (χ0n) is 14.3. The highest BCUT2D eigenvalue weighted by Gasteiger charge is 2.26. The van der Waals surface area contributed by atoms with E-state index < -0.39 is 16.1 Å². The lowest BCUT2D eigenvalue weighted by Gasteiger charge is -2.31. The molecule has 1 aliphatic rings. The molecule has 2 heterocycles. The normalized spacial score (nSPS) is 18.4. The van der Waals surface area contributed by atoms with Gasteiger partial charge in [0.2, 0.25) is 10.0 Å². The van der Waals surface area contributed by atoms with Crippen LogP contribution in [-0.2, 0) is 14.8 Å². The van der Waals surface area contributed by atoms with Gasteiger partial charge in [-0.15, -0.1) is 0 Å². The standard InChI is InChI=1S/C16H21N5O4S/c1-26(23,24)20-9-10-25-14(12-20)11-17-16(22)19-15-7-8-18-21(15)13-5-3-2-4-6-13/h2-8,14H,9-12H2,1H3,(H2,17,19,22). The van der Waals surface area contributed by atoms with Crippen molar-refractivity contribution in [2.45, 2.75) is 6.10 Å². The number of rotatable bonds is 5. The molecule has 1 saturated heterocycles. The van der Waals surface area contributed by atoms with Crippen LogP contribution >= 0.6 is 0 Å². The van der Waals surface area contributed by atoms with Gasteiger partial charge in [-0.25, -0.2) is 17.9 Å². The van der Waals surface area contributed by atoms with Crippen LogP contribution in [0.5, 0.6) is 0 Å². The molecule has 9 nitrogen and oxygen atoms in total. The Bertz CT molecular complexity index is 853. The van der Waals surface area contributed by atoms with Gasteiger partial charge in [0.05, 0.1) is 30.9 Å². The first-order valence-electron chi connectivity index (χ1n) is 8.14. The van der Waals surface area contributed by atoms with E-state index in [0.717, 1.165) is 5.69 Å². The lowest BCUT2D eigenvalue weighted by molar-refractivity contribution is 0.00167. The van der Waals surface area contributed by atoms with Gasteiger partial charge >= 0.3 is 6.03 Å². The van der Waals surface area contributed by atoms with E-state index in [0.29, 0.717) is 19.0 Å². The van der Waals surface area contributed by atoms with E-state index in [1.807, 2.05) is 30.3 Å². The summed E-state index contributed by atoms with van der Waals surface area (Å²) in [6, 6.07) is 10.7. The lowest BCUT2D eigenvalue weighted by atomic mass is 10.3. The average molecular weight is 379 g/mol. The third-order valence-electron chi connectivity index (χ3n) is 3.95. The van der Waals surface area contributed by atoms with Crippen LogP contribution in [0.1, 0.15) is 0 Å². The summed E-state index contributed by atoms with van der Waals surface area (Å²) in [4.78, 5) is 12.2. The minimum atomic E-state index is -3.26. The van der Waals surface area contributed by atoms with Crippen LogP contribution < -0.4 is 10.6 Å². The van der Waals surface area contributed by atoms with Crippen molar-refractivity contribution in [2.75, 3.05) is 37.8 Å². The summed E-state index contributed by atoms with van der Waals surface area (Å²) in [5.41, 5.74) is 0.826. The third kappa shape index (κ3) is 4.59. The molecule has 1 aromatic heterocycles. The predicted octanol–water partition coefficient (Wildman–Crippen LogP) is 0.654. The molecule has 1 fully saturated rings. The van der Waals surface area contributed by atoms with Gasteiger partial charge in [-0.1, -0.05) is 18.2 Å². The molecule has 1 atom stereocenters. The van der Waals surface area contributed by atoms with Crippen molar-refractivity contribution < 1.29 is 17.9 Å². The molecule has 0 saturated carbocycles. The first-order chi connectivity index (χ1) is 12.4. The Morgan fingerprint density at radius 2 is 2.08 bits per heavy atom. The van der Waals surface area contributed by atoms with E-state index in [2.05, 4.69) is 15.7 Å². The molecule has 10 heteroatoms. The number of nitrogens with one attached hydrogen (secondary N) is 2. The molecule has 0 radical (unpaired) electrons. The van der Waals surface area contributed by atoms with Gasteiger partial charge in [0.1, 0.15) is 5.82 Å².